The zero-order valence-electron chi connectivity index (χ0n) is 19.5. The van der Waals surface area contributed by atoms with E-state index in [1.54, 1.807) is 31.2 Å². The number of non-ortho nitro benzene ring substituents is 1. The van der Waals surface area contributed by atoms with Crippen molar-refractivity contribution in [3.05, 3.63) is 98.6 Å². The number of nitrogens with zero attached hydrogens (tertiary/aromatic N) is 2. The van der Waals surface area contributed by atoms with Crippen molar-refractivity contribution < 1.29 is 28.8 Å². The van der Waals surface area contributed by atoms with E-state index in [1.807, 2.05) is 18.2 Å². The zero-order chi connectivity index (χ0) is 26.5. The Labute approximate surface area is 216 Å². The van der Waals surface area contributed by atoms with E-state index in [0.717, 1.165) is 22.6 Å². The molecule has 0 radical (unpaired) electrons. The summed E-state index contributed by atoms with van der Waals surface area (Å²) < 4.78 is 11.6. The van der Waals surface area contributed by atoms with Gasteiger partial charge in [-0.1, -0.05) is 35.9 Å². The number of ether oxygens (including phenoxy) is 2. The number of halogens is 1. The van der Waals surface area contributed by atoms with E-state index >= 15 is 0 Å². The fourth-order valence-corrected chi connectivity index (χ4v) is 3.75. The molecule has 0 atom stereocenters. The van der Waals surface area contributed by atoms with Crippen molar-refractivity contribution in [1.29, 1.82) is 0 Å². The van der Waals surface area contributed by atoms with Crippen LogP contribution in [0.2, 0.25) is 5.02 Å². The molecule has 1 fully saturated rings. The van der Waals surface area contributed by atoms with Gasteiger partial charge in [0.2, 0.25) is 0 Å². The van der Waals surface area contributed by atoms with E-state index in [0.29, 0.717) is 28.7 Å². The molecule has 4 rings (SSSR count). The maximum absolute atomic E-state index is 13.1. The van der Waals surface area contributed by atoms with Crippen LogP contribution in [0.15, 0.2) is 72.3 Å². The highest BCUT2D eigenvalue weighted by molar-refractivity contribution is 6.39. The predicted molar refractivity (Wildman–Crippen MR) is 135 cm³/mol. The summed E-state index contributed by atoms with van der Waals surface area (Å²) in [7, 11) is 0. The maximum Gasteiger partial charge on any atom is 0.335 e. The zero-order valence-corrected chi connectivity index (χ0v) is 20.2. The fraction of sp³-hybridized carbons (Fsp3) is 0.115. The highest BCUT2D eigenvalue weighted by Gasteiger charge is 2.37. The lowest BCUT2D eigenvalue weighted by atomic mass is 10.1. The molecule has 0 bridgehead atoms. The Hall–Kier alpha value is -4.70. The monoisotopic (exact) mass is 521 g/mol. The lowest BCUT2D eigenvalue weighted by molar-refractivity contribution is -0.384. The molecule has 3 aromatic rings. The second-order valence-corrected chi connectivity index (χ2v) is 8.16. The SMILES string of the molecule is CCOc1cc(/C=C2\C(=O)NC(=O)N(c3ccc([N+](=O)[O-])cc3)C2=O)ccc1OCc1ccccc1Cl. The summed E-state index contributed by atoms with van der Waals surface area (Å²) in [6.45, 7) is 2.34. The van der Waals surface area contributed by atoms with Gasteiger partial charge < -0.3 is 9.47 Å². The number of carbonyl (C=O) groups is 3. The van der Waals surface area contributed by atoms with Gasteiger partial charge in [0.15, 0.2) is 11.5 Å². The number of rotatable bonds is 8. The Morgan fingerprint density at radius 2 is 1.73 bits per heavy atom. The van der Waals surface area contributed by atoms with Crippen molar-refractivity contribution in [1.82, 2.24) is 5.32 Å². The number of anilines is 1. The highest BCUT2D eigenvalue weighted by Crippen LogP contribution is 2.31. The van der Waals surface area contributed by atoms with Gasteiger partial charge >= 0.3 is 6.03 Å². The van der Waals surface area contributed by atoms with Crippen LogP contribution in [0.1, 0.15) is 18.1 Å². The topological polar surface area (TPSA) is 128 Å². The van der Waals surface area contributed by atoms with Crippen LogP contribution in [0.3, 0.4) is 0 Å². The first-order valence-corrected chi connectivity index (χ1v) is 11.4. The van der Waals surface area contributed by atoms with Crippen LogP contribution in [0, 0.1) is 10.1 Å². The van der Waals surface area contributed by atoms with E-state index in [2.05, 4.69) is 5.32 Å². The number of nitro groups is 1. The number of benzene rings is 3. The molecule has 10 nitrogen and oxygen atoms in total. The molecule has 3 aromatic carbocycles. The van der Waals surface area contributed by atoms with Crippen LogP contribution >= 0.6 is 11.6 Å². The average molecular weight is 522 g/mol. The van der Waals surface area contributed by atoms with Crippen molar-refractivity contribution in [3.63, 3.8) is 0 Å². The minimum Gasteiger partial charge on any atom is -0.490 e. The van der Waals surface area contributed by atoms with Crippen LogP contribution in [-0.2, 0) is 16.2 Å². The molecular formula is C26H20ClN3O7. The Balaban J connectivity index is 1.61. The standard InChI is InChI=1S/C26H20ClN3O7/c1-2-36-23-14-16(7-12-22(23)37-15-17-5-3-4-6-21(17)27)13-20-24(31)28-26(33)29(25(20)32)18-8-10-19(11-9-18)30(34)35/h3-14H,2,15H2,1H3,(H,28,31,33)/b20-13+. The van der Waals surface area contributed by atoms with Gasteiger partial charge in [0.1, 0.15) is 12.2 Å². The van der Waals surface area contributed by atoms with E-state index in [9.17, 15) is 24.5 Å². The van der Waals surface area contributed by atoms with Gasteiger partial charge in [0, 0.05) is 22.7 Å². The van der Waals surface area contributed by atoms with Crippen LogP contribution in [0.5, 0.6) is 11.5 Å². The summed E-state index contributed by atoms with van der Waals surface area (Å²) in [5.41, 5.74) is 0.805. The number of barbiturate groups is 1. The highest BCUT2D eigenvalue weighted by atomic mass is 35.5. The molecule has 4 amide bonds. The molecule has 0 unspecified atom stereocenters. The number of imide groups is 2. The number of urea groups is 1. The smallest absolute Gasteiger partial charge is 0.335 e. The number of carbonyl (C=O) groups excluding carboxylic acids is 3. The van der Waals surface area contributed by atoms with Crippen molar-refractivity contribution in [2.45, 2.75) is 13.5 Å². The van der Waals surface area contributed by atoms with Crippen LogP contribution in [-0.4, -0.2) is 29.4 Å². The number of nitrogens with one attached hydrogen (secondary N) is 1. The molecule has 0 spiro atoms. The van der Waals surface area contributed by atoms with Crippen LogP contribution < -0.4 is 19.7 Å². The third-order valence-corrected chi connectivity index (χ3v) is 5.71. The Kier molecular flexibility index (Phi) is 7.49. The van der Waals surface area contributed by atoms with Crippen molar-refractivity contribution in [3.8, 4) is 11.5 Å². The lowest BCUT2D eigenvalue weighted by Gasteiger charge is -2.26. The molecule has 1 saturated heterocycles. The van der Waals surface area contributed by atoms with E-state index in [4.69, 9.17) is 21.1 Å². The summed E-state index contributed by atoms with van der Waals surface area (Å²) in [6.07, 6.45) is 1.32. The molecule has 1 N–H and O–H groups in total. The number of hydrogen-bond donors (Lipinski definition) is 1. The fourth-order valence-electron chi connectivity index (χ4n) is 3.55. The third kappa shape index (κ3) is 5.60. The van der Waals surface area contributed by atoms with Gasteiger partial charge in [-0.25, -0.2) is 9.69 Å². The van der Waals surface area contributed by atoms with E-state index < -0.39 is 22.8 Å². The molecule has 1 heterocycles. The first-order valence-electron chi connectivity index (χ1n) is 11.1. The van der Waals surface area contributed by atoms with Gasteiger partial charge in [-0.05, 0) is 48.9 Å². The minimum absolute atomic E-state index is 0.0739. The first-order chi connectivity index (χ1) is 17.8. The summed E-state index contributed by atoms with van der Waals surface area (Å²) in [5.74, 6) is -0.924. The quantitative estimate of drug-likeness (QED) is 0.193. The predicted octanol–water partition coefficient (Wildman–Crippen LogP) is 4.89. The Bertz CT molecular complexity index is 1420. The van der Waals surface area contributed by atoms with Gasteiger partial charge in [-0.3, -0.25) is 25.0 Å². The second-order valence-electron chi connectivity index (χ2n) is 7.75. The van der Waals surface area contributed by atoms with Crippen LogP contribution in [0.4, 0.5) is 16.2 Å². The molecule has 0 aromatic heterocycles. The largest absolute Gasteiger partial charge is 0.490 e. The summed E-state index contributed by atoms with van der Waals surface area (Å²) >= 11 is 6.19. The van der Waals surface area contributed by atoms with Crippen molar-refractivity contribution in [2.75, 3.05) is 11.5 Å². The average Bonchev–Trinajstić information content (AvgIpc) is 2.87. The molecule has 0 saturated carbocycles. The molecule has 1 aliphatic heterocycles. The summed E-state index contributed by atoms with van der Waals surface area (Å²) in [5, 5.41) is 13.6. The number of amides is 4. The molecule has 0 aliphatic carbocycles. The summed E-state index contributed by atoms with van der Waals surface area (Å²) in [6, 6.07) is 16.0. The Morgan fingerprint density at radius 1 is 1.00 bits per heavy atom. The molecule has 37 heavy (non-hydrogen) atoms. The Morgan fingerprint density at radius 3 is 2.41 bits per heavy atom. The van der Waals surface area contributed by atoms with Crippen molar-refractivity contribution in [2.24, 2.45) is 0 Å². The minimum atomic E-state index is -0.959. The van der Waals surface area contributed by atoms with Gasteiger partial charge in [0.05, 0.1) is 17.2 Å². The van der Waals surface area contributed by atoms with E-state index in [1.165, 1.54) is 18.2 Å². The lowest BCUT2D eigenvalue weighted by Crippen LogP contribution is -2.54. The maximum atomic E-state index is 13.1. The van der Waals surface area contributed by atoms with E-state index in [-0.39, 0.29) is 23.6 Å². The molecule has 1 aliphatic rings. The van der Waals surface area contributed by atoms with Crippen LogP contribution in [0.25, 0.3) is 6.08 Å². The van der Waals surface area contributed by atoms with Crippen molar-refractivity contribution >= 4 is 46.9 Å². The van der Waals surface area contributed by atoms with Gasteiger partial charge in [0.25, 0.3) is 17.5 Å². The van der Waals surface area contributed by atoms with Gasteiger partial charge in [-0.2, -0.15) is 0 Å². The van der Waals surface area contributed by atoms with Gasteiger partial charge in [-0.15, -0.1) is 0 Å². The normalized spacial score (nSPS) is 14.5. The summed E-state index contributed by atoms with van der Waals surface area (Å²) in [4.78, 5) is 49.1. The number of nitro benzene ring substituents is 1. The second kappa shape index (κ2) is 10.9. The molecular weight excluding hydrogens is 502 g/mol. The molecule has 11 heteroatoms. The first kappa shape index (κ1) is 25.4. The molecule has 188 valence electrons. The third-order valence-electron chi connectivity index (χ3n) is 5.34. The number of hydrogen-bond acceptors (Lipinski definition) is 7.